The molecule has 2 heterocycles. The minimum Gasteiger partial charge on any atom is -0.309 e. The predicted octanol–water partition coefficient (Wildman–Crippen LogP) is 3.70. The molecular weight excluding hydrogens is 278 g/mol. The predicted molar refractivity (Wildman–Crippen MR) is 81.0 cm³/mol. The van der Waals surface area contributed by atoms with Gasteiger partial charge in [0.2, 0.25) is 0 Å². The van der Waals surface area contributed by atoms with Crippen LogP contribution in [0.1, 0.15) is 34.2 Å². The van der Waals surface area contributed by atoms with E-state index in [1.54, 1.807) is 17.5 Å². The molecule has 0 aliphatic heterocycles. The fourth-order valence-electron chi connectivity index (χ4n) is 1.97. The summed E-state index contributed by atoms with van der Waals surface area (Å²) in [5.74, 6) is 0. The minimum absolute atomic E-state index is 0.114. The second-order valence-electron chi connectivity index (χ2n) is 4.43. The van der Waals surface area contributed by atoms with E-state index in [2.05, 4.69) is 29.1 Å². The van der Waals surface area contributed by atoms with Crippen molar-refractivity contribution in [3.63, 3.8) is 0 Å². The van der Waals surface area contributed by atoms with Crippen LogP contribution in [-0.2, 0) is 6.42 Å². The molecule has 3 nitrogen and oxygen atoms in total. The maximum absolute atomic E-state index is 6.24. The molecule has 1 unspecified atom stereocenters. The first-order chi connectivity index (χ1) is 9.11. The summed E-state index contributed by atoms with van der Waals surface area (Å²) >= 11 is 7.99. The van der Waals surface area contributed by atoms with Crippen LogP contribution in [0.3, 0.4) is 0 Å². The third-order valence-electron chi connectivity index (χ3n) is 3.02. The smallest absolute Gasteiger partial charge is 0.0950 e. The number of nitrogens with zero attached hydrogens (tertiary/aromatic N) is 2. The monoisotopic (exact) mass is 295 g/mol. The van der Waals surface area contributed by atoms with Crippen LogP contribution in [0.15, 0.2) is 18.3 Å². The number of hydrogen-bond donors (Lipinski definition) is 1. The SMILES string of the molecule is CCNC(Cc1nc(C)c(C)s1)c1ncccc1Cl. The normalized spacial score (nSPS) is 12.6. The lowest BCUT2D eigenvalue weighted by Crippen LogP contribution is -2.24. The maximum atomic E-state index is 6.24. The van der Waals surface area contributed by atoms with Gasteiger partial charge in [-0.25, -0.2) is 4.98 Å². The molecule has 0 fully saturated rings. The van der Waals surface area contributed by atoms with Crippen molar-refractivity contribution < 1.29 is 0 Å². The first-order valence-electron chi connectivity index (χ1n) is 6.38. The van der Waals surface area contributed by atoms with Crippen molar-refractivity contribution in [2.24, 2.45) is 0 Å². The molecule has 0 aliphatic rings. The summed E-state index contributed by atoms with van der Waals surface area (Å²) in [6.45, 7) is 7.11. The number of halogens is 1. The summed E-state index contributed by atoms with van der Waals surface area (Å²) in [5, 5.41) is 5.27. The summed E-state index contributed by atoms with van der Waals surface area (Å²) in [6.07, 6.45) is 2.60. The average molecular weight is 296 g/mol. The van der Waals surface area contributed by atoms with Gasteiger partial charge in [-0.1, -0.05) is 18.5 Å². The highest BCUT2D eigenvalue weighted by Crippen LogP contribution is 2.26. The Bertz CT molecular complexity index is 534. The van der Waals surface area contributed by atoms with Crippen molar-refractivity contribution in [1.82, 2.24) is 15.3 Å². The summed E-state index contributed by atoms with van der Waals surface area (Å²) in [5.41, 5.74) is 2.01. The zero-order valence-corrected chi connectivity index (χ0v) is 13.0. The highest BCUT2D eigenvalue weighted by molar-refractivity contribution is 7.11. The molecule has 5 heteroatoms. The molecule has 0 spiro atoms. The van der Waals surface area contributed by atoms with Gasteiger partial charge in [-0.3, -0.25) is 4.98 Å². The molecule has 0 radical (unpaired) electrons. The van der Waals surface area contributed by atoms with Crippen LogP contribution < -0.4 is 5.32 Å². The minimum atomic E-state index is 0.114. The van der Waals surface area contributed by atoms with Gasteiger partial charge >= 0.3 is 0 Å². The molecule has 0 aliphatic carbocycles. The number of nitrogens with one attached hydrogen (secondary N) is 1. The molecule has 0 aromatic carbocycles. The van der Waals surface area contributed by atoms with Crippen LogP contribution >= 0.6 is 22.9 Å². The van der Waals surface area contributed by atoms with Gasteiger partial charge in [0.05, 0.1) is 27.5 Å². The van der Waals surface area contributed by atoms with Crippen LogP contribution in [0.2, 0.25) is 5.02 Å². The summed E-state index contributed by atoms with van der Waals surface area (Å²) < 4.78 is 0. The Balaban J connectivity index is 2.23. The van der Waals surface area contributed by atoms with Gasteiger partial charge in [0.25, 0.3) is 0 Å². The third-order valence-corrected chi connectivity index (χ3v) is 4.43. The Morgan fingerprint density at radius 1 is 1.42 bits per heavy atom. The van der Waals surface area contributed by atoms with E-state index in [1.165, 1.54) is 4.88 Å². The average Bonchev–Trinajstić information content (AvgIpc) is 2.68. The standard InChI is InChI=1S/C14H18ClN3S/c1-4-16-12(14-11(15)6-5-7-17-14)8-13-18-9(2)10(3)19-13/h5-7,12,16H,4,8H2,1-3H3. The molecule has 2 aromatic rings. The number of hydrogen-bond acceptors (Lipinski definition) is 4. The Labute approximate surface area is 123 Å². The van der Waals surface area contributed by atoms with E-state index in [9.17, 15) is 0 Å². The van der Waals surface area contributed by atoms with E-state index in [4.69, 9.17) is 11.6 Å². The second kappa shape index (κ2) is 6.46. The van der Waals surface area contributed by atoms with Gasteiger partial charge in [-0.15, -0.1) is 11.3 Å². The van der Waals surface area contributed by atoms with Crippen LogP contribution in [0.5, 0.6) is 0 Å². The zero-order valence-electron chi connectivity index (χ0n) is 11.4. The highest BCUT2D eigenvalue weighted by Gasteiger charge is 2.17. The molecule has 2 rings (SSSR count). The topological polar surface area (TPSA) is 37.8 Å². The van der Waals surface area contributed by atoms with Crippen LogP contribution in [0, 0.1) is 13.8 Å². The van der Waals surface area contributed by atoms with Crippen LogP contribution in [0.25, 0.3) is 0 Å². The van der Waals surface area contributed by atoms with Crippen molar-refractivity contribution >= 4 is 22.9 Å². The largest absolute Gasteiger partial charge is 0.309 e. The van der Waals surface area contributed by atoms with Crippen molar-refractivity contribution in [2.45, 2.75) is 33.2 Å². The number of aromatic nitrogens is 2. The third kappa shape index (κ3) is 3.53. The van der Waals surface area contributed by atoms with Crippen molar-refractivity contribution in [3.05, 3.63) is 44.6 Å². The van der Waals surface area contributed by atoms with Gasteiger partial charge in [0.1, 0.15) is 0 Å². The van der Waals surface area contributed by atoms with E-state index in [0.29, 0.717) is 5.02 Å². The Kier molecular flexibility index (Phi) is 4.91. The van der Waals surface area contributed by atoms with E-state index < -0.39 is 0 Å². The second-order valence-corrected chi connectivity index (χ2v) is 6.13. The number of aryl methyl sites for hydroxylation is 2. The van der Waals surface area contributed by atoms with Gasteiger partial charge < -0.3 is 5.32 Å². The van der Waals surface area contributed by atoms with Gasteiger partial charge in [0, 0.05) is 17.5 Å². The molecule has 19 heavy (non-hydrogen) atoms. The Hall–Kier alpha value is -0.970. The lowest BCUT2D eigenvalue weighted by molar-refractivity contribution is 0.535. The van der Waals surface area contributed by atoms with Gasteiger partial charge in [-0.05, 0) is 32.5 Å². The Morgan fingerprint density at radius 3 is 2.79 bits per heavy atom. The molecule has 0 bridgehead atoms. The number of pyridine rings is 1. The molecule has 0 saturated heterocycles. The molecule has 1 atom stereocenters. The van der Waals surface area contributed by atoms with Crippen LogP contribution in [0.4, 0.5) is 0 Å². The van der Waals surface area contributed by atoms with Crippen LogP contribution in [-0.4, -0.2) is 16.5 Å². The lowest BCUT2D eigenvalue weighted by Gasteiger charge is -2.17. The van der Waals surface area contributed by atoms with E-state index in [0.717, 1.165) is 29.4 Å². The summed E-state index contributed by atoms with van der Waals surface area (Å²) in [7, 11) is 0. The fraction of sp³-hybridized carbons (Fsp3) is 0.429. The molecule has 2 aromatic heterocycles. The van der Waals surface area contributed by atoms with Gasteiger partial charge in [0.15, 0.2) is 0 Å². The fourth-order valence-corrected chi connectivity index (χ4v) is 3.20. The quantitative estimate of drug-likeness (QED) is 0.914. The van der Waals surface area contributed by atoms with E-state index in [-0.39, 0.29) is 6.04 Å². The van der Waals surface area contributed by atoms with Crippen molar-refractivity contribution in [2.75, 3.05) is 6.54 Å². The number of thiazole rings is 1. The molecule has 1 N–H and O–H groups in total. The number of rotatable bonds is 5. The number of likely N-dealkylation sites (N-methyl/N-ethyl adjacent to an activating group) is 1. The van der Waals surface area contributed by atoms with Gasteiger partial charge in [-0.2, -0.15) is 0 Å². The molecule has 0 saturated carbocycles. The molecule has 0 amide bonds. The first kappa shape index (κ1) is 14.4. The highest BCUT2D eigenvalue weighted by atomic mass is 35.5. The summed E-state index contributed by atoms with van der Waals surface area (Å²) in [6, 6.07) is 3.85. The summed E-state index contributed by atoms with van der Waals surface area (Å²) in [4.78, 5) is 10.3. The van der Waals surface area contributed by atoms with Crippen molar-refractivity contribution in [3.8, 4) is 0 Å². The Morgan fingerprint density at radius 2 is 2.21 bits per heavy atom. The lowest BCUT2D eigenvalue weighted by atomic mass is 10.1. The van der Waals surface area contributed by atoms with E-state index in [1.807, 2.05) is 19.1 Å². The first-order valence-corrected chi connectivity index (χ1v) is 7.58. The zero-order chi connectivity index (χ0) is 13.8. The van der Waals surface area contributed by atoms with E-state index >= 15 is 0 Å². The van der Waals surface area contributed by atoms with Crippen molar-refractivity contribution in [1.29, 1.82) is 0 Å². The molecule has 102 valence electrons. The maximum Gasteiger partial charge on any atom is 0.0950 e. The molecular formula is C14H18ClN3S.